The molecule has 1 rings (SSSR count). The van der Waals surface area contributed by atoms with Crippen LogP contribution in [-0.4, -0.2) is 26.3 Å². The van der Waals surface area contributed by atoms with Crippen molar-refractivity contribution in [3.63, 3.8) is 0 Å². The van der Waals surface area contributed by atoms with Gasteiger partial charge in [0.1, 0.15) is 0 Å². The molecule has 0 spiro atoms. The van der Waals surface area contributed by atoms with Crippen molar-refractivity contribution in [3.8, 4) is 0 Å². The van der Waals surface area contributed by atoms with Crippen LogP contribution < -0.4 is 5.32 Å². The van der Waals surface area contributed by atoms with Gasteiger partial charge in [-0.1, -0.05) is 20.3 Å². The minimum atomic E-state index is 0.761. The van der Waals surface area contributed by atoms with Crippen molar-refractivity contribution in [1.82, 2.24) is 5.32 Å². The molecule has 0 aliphatic heterocycles. The van der Waals surface area contributed by atoms with E-state index in [-0.39, 0.29) is 0 Å². The number of ether oxygens (including phenoxy) is 1. The molecule has 0 aromatic heterocycles. The van der Waals surface area contributed by atoms with E-state index < -0.39 is 0 Å². The lowest BCUT2D eigenvalue weighted by Crippen LogP contribution is -2.29. The predicted molar refractivity (Wildman–Crippen MR) is 65.0 cm³/mol. The van der Waals surface area contributed by atoms with Gasteiger partial charge in [-0.25, -0.2) is 0 Å². The summed E-state index contributed by atoms with van der Waals surface area (Å²) in [7, 11) is 0. The molecule has 15 heavy (non-hydrogen) atoms. The van der Waals surface area contributed by atoms with Crippen LogP contribution in [0.25, 0.3) is 0 Å². The average molecular weight is 213 g/mol. The van der Waals surface area contributed by atoms with Crippen LogP contribution in [0.5, 0.6) is 0 Å². The van der Waals surface area contributed by atoms with Crippen LogP contribution in [0, 0.1) is 17.8 Å². The first-order valence-corrected chi connectivity index (χ1v) is 6.52. The second-order valence-electron chi connectivity index (χ2n) is 5.16. The van der Waals surface area contributed by atoms with Gasteiger partial charge in [0, 0.05) is 13.2 Å². The Bertz CT molecular complexity index is 159. The van der Waals surface area contributed by atoms with Crippen molar-refractivity contribution < 1.29 is 4.74 Å². The summed E-state index contributed by atoms with van der Waals surface area (Å²) in [4.78, 5) is 0. The zero-order valence-corrected chi connectivity index (χ0v) is 10.6. The quantitative estimate of drug-likeness (QED) is 0.702. The molecule has 0 bridgehead atoms. The van der Waals surface area contributed by atoms with E-state index >= 15 is 0 Å². The molecule has 0 aromatic carbocycles. The second kappa shape index (κ2) is 7.24. The molecule has 2 unspecified atom stereocenters. The number of hydrogen-bond acceptors (Lipinski definition) is 2. The molecular weight excluding hydrogens is 186 g/mol. The number of hydrogen-bond donors (Lipinski definition) is 1. The third-order valence-corrected chi connectivity index (χ3v) is 3.31. The van der Waals surface area contributed by atoms with E-state index in [1.54, 1.807) is 0 Å². The zero-order valence-electron chi connectivity index (χ0n) is 10.6. The number of nitrogens with one attached hydrogen (secondary N) is 1. The molecule has 2 atom stereocenters. The van der Waals surface area contributed by atoms with Gasteiger partial charge in [-0.2, -0.15) is 0 Å². The molecule has 0 aromatic rings. The molecule has 90 valence electrons. The van der Waals surface area contributed by atoms with Gasteiger partial charge < -0.3 is 10.1 Å². The summed E-state index contributed by atoms with van der Waals surface area (Å²) in [5.41, 5.74) is 0. The highest BCUT2D eigenvalue weighted by atomic mass is 16.5. The van der Waals surface area contributed by atoms with Crippen LogP contribution in [0.2, 0.25) is 0 Å². The second-order valence-corrected chi connectivity index (χ2v) is 5.16. The molecule has 2 heteroatoms. The minimum absolute atomic E-state index is 0.761. The highest BCUT2D eigenvalue weighted by Gasteiger charge is 2.26. The van der Waals surface area contributed by atoms with Crippen molar-refractivity contribution in [1.29, 1.82) is 0 Å². The van der Waals surface area contributed by atoms with Gasteiger partial charge in [0.2, 0.25) is 0 Å². The summed E-state index contributed by atoms with van der Waals surface area (Å²) in [5.74, 6) is 2.43. The van der Waals surface area contributed by atoms with Crippen molar-refractivity contribution in [2.45, 2.75) is 40.0 Å². The SMILES string of the molecule is CCOCC1CCCC1CNCC(C)C. The standard InChI is InChI=1S/C13H27NO/c1-4-15-10-13-7-5-6-12(13)9-14-8-11(2)3/h11-14H,4-10H2,1-3H3. The topological polar surface area (TPSA) is 21.3 Å². The molecule has 0 amide bonds. The van der Waals surface area contributed by atoms with E-state index in [1.165, 1.54) is 25.8 Å². The highest BCUT2D eigenvalue weighted by Crippen LogP contribution is 2.31. The van der Waals surface area contributed by atoms with Gasteiger partial charge >= 0.3 is 0 Å². The molecule has 1 N–H and O–H groups in total. The van der Waals surface area contributed by atoms with Crippen molar-refractivity contribution in [2.24, 2.45) is 17.8 Å². The van der Waals surface area contributed by atoms with Gasteiger partial charge in [0.15, 0.2) is 0 Å². The van der Waals surface area contributed by atoms with Crippen LogP contribution >= 0.6 is 0 Å². The molecule has 0 heterocycles. The van der Waals surface area contributed by atoms with Gasteiger partial charge in [-0.3, -0.25) is 0 Å². The van der Waals surface area contributed by atoms with Gasteiger partial charge in [-0.05, 0) is 50.6 Å². The van der Waals surface area contributed by atoms with Gasteiger partial charge in [-0.15, -0.1) is 0 Å². The van der Waals surface area contributed by atoms with Crippen LogP contribution in [0.15, 0.2) is 0 Å². The summed E-state index contributed by atoms with van der Waals surface area (Å²) in [6.07, 6.45) is 4.16. The Kier molecular flexibility index (Phi) is 6.26. The van der Waals surface area contributed by atoms with E-state index in [9.17, 15) is 0 Å². The summed E-state index contributed by atoms with van der Waals surface area (Å²) < 4.78 is 5.55. The molecule has 1 fully saturated rings. The van der Waals surface area contributed by atoms with E-state index in [2.05, 4.69) is 26.1 Å². The third-order valence-electron chi connectivity index (χ3n) is 3.31. The average Bonchev–Trinajstić information content (AvgIpc) is 2.62. The molecular formula is C13H27NO. The lowest BCUT2D eigenvalue weighted by molar-refractivity contribution is 0.0950. The van der Waals surface area contributed by atoms with E-state index in [0.29, 0.717) is 0 Å². The smallest absolute Gasteiger partial charge is 0.0497 e. The fourth-order valence-electron chi connectivity index (χ4n) is 2.43. The maximum absolute atomic E-state index is 5.55. The Morgan fingerprint density at radius 3 is 2.67 bits per heavy atom. The fourth-order valence-corrected chi connectivity index (χ4v) is 2.43. The maximum atomic E-state index is 5.55. The fraction of sp³-hybridized carbons (Fsp3) is 1.00. The Hall–Kier alpha value is -0.0800. The lowest BCUT2D eigenvalue weighted by Gasteiger charge is -2.20. The summed E-state index contributed by atoms with van der Waals surface area (Å²) in [6.45, 7) is 10.8. The van der Waals surface area contributed by atoms with Crippen molar-refractivity contribution in [2.75, 3.05) is 26.3 Å². The lowest BCUT2D eigenvalue weighted by atomic mass is 9.97. The molecule has 2 nitrogen and oxygen atoms in total. The molecule has 1 aliphatic rings. The zero-order chi connectivity index (χ0) is 11.1. The summed E-state index contributed by atoms with van der Waals surface area (Å²) in [5, 5.41) is 3.58. The molecule has 1 saturated carbocycles. The number of rotatable bonds is 7. The van der Waals surface area contributed by atoms with E-state index in [0.717, 1.165) is 37.5 Å². The minimum Gasteiger partial charge on any atom is -0.381 e. The van der Waals surface area contributed by atoms with E-state index in [1.807, 2.05) is 0 Å². The van der Waals surface area contributed by atoms with E-state index in [4.69, 9.17) is 4.74 Å². The highest BCUT2D eigenvalue weighted by molar-refractivity contribution is 4.79. The monoisotopic (exact) mass is 213 g/mol. The van der Waals surface area contributed by atoms with Crippen LogP contribution in [0.1, 0.15) is 40.0 Å². The largest absolute Gasteiger partial charge is 0.381 e. The van der Waals surface area contributed by atoms with Crippen molar-refractivity contribution in [3.05, 3.63) is 0 Å². The van der Waals surface area contributed by atoms with Crippen LogP contribution in [0.3, 0.4) is 0 Å². The Morgan fingerprint density at radius 1 is 1.27 bits per heavy atom. The molecule has 1 aliphatic carbocycles. The van der Waals surface area contributed by atoms with Gasteiger partial charge in [0.05, 0.1) is 0 Å². The summed E-state index contributed by atoms with van der Waals surface area (Å²) in [6, 6.07) is 0. The molecule has 0 saturated heterocycles. The predicted octanol–water partition coefficient (Wildman–Crippen LogP) is 2.68. The van der Waals surface area contributed by atoms with Crippen LogP contribution in [0.4, 0.5) is 0 Å². The Labute approximate surface area is 94.8 Å². The first-order valence-electron chi connectivity index (χ1n) is 6.52. The maximum Gasteiger partial charge on any atom is 0.0497 e. The molecule has 0 radical (unpaired) electrons. The Balaban J connectivity index is 2.15. The Morgan fingerprint density at radius 2 is 2.00 bits per heavy atom. The van der Waals surface area contributed by atoms with Crippen molar-refractivity contribution >= 4 is 0 Å². The van der Waals surface area contributed by atoms with Crippen LogP contribution in [-0.2, 0) is 4.74 Å². The third kappa shape index (κ3) is 4.98. The summed E-state index contributed by atoms with van der Waals surface area (Å²) >= 11 is 0. The van der Waals surface area contributed by atoms with Gasteiger partial charge in [0.25, 0.3) is 0 Å². The normalized spacial score (nSPS) is 26.4. The first kappa shape index (κ1) is 13.0. The first-order chi connectivity index (χ1) is 7.24.